The molecule has 7 heteroatoms. The van der Waals surface area contributed by atoms with Crippen LogP contribution in [0.4, 0.5) is 4.39 Å². The van der Waals surface area contributed by atoms with Gasteiger partial charge in [-0.2, -0.15) is 0 Å². The molecular formula is C11H7ClFNO3S. The molecule has 0 spiro atoms. The van der Waals surface area contributed by atoms with Crippen LogP contribution in [0.5, 0.6) is 11.6 Å². The molecule has 1 aromatic carbocycles. The van der Waals surface area contributed by atoms with Crippen LogP contribution in [0, 0.1) is 5.82 Å². The summed E-state index contributed by atoms with van der Waals surface area (Å²) in [5.74, 6) is 0.00347. The molecule has 0 unspecified atom stereocenters. The second-order valence-corrected chi connectivity index (χ2v) is 5.82. The number of aromatic nitrogens is 1. The second kappa shape index (κ2) is 4.91. The lowest BCUT2D eigenvalue weighted by Crippen LogP contribution is -1.96. The van der Waals surface area contributed by atoms with Crippen molar-refractivity contribution in [3.8, 4) is 11.6 Å². The van der Waals surface area contributed by atoms with Gasteiger partial charge in [0.05, 0.1) is 0 Å². The highest BCUT2D eigenvalue weighted by atomic mass is 35.7. The van der Waals surface area contributed by atoms with Crippen LogP contribution in [0.2, 0.25) is 0 Å². The van der Waals surface area contributed by atoms with Crippen molar-refractivity contribution in [3.63, 3.8) is 0 Å². The first-order chi connectivity index (χ1) is 8.45. The average molecular weight is 288 g/mol. The van der Waals surface area contributed by atoms with Gasteiger partial charge in [0.1, 0.15) is 11.6 Å². The molecule has 1 heterocycles. The summed E-state index contributed by atoms with van der Waals surface area (Å²) in [6.45, 7) is 0. The minimum atomic E-state index is -3.90. The van der Waals surface area contributed by atoms with E-state index in [4.69, 9.17) is 15.4 Å². The number of hydrogen-bond donors (Lipinski definition) is 0. The molecule has 18 heavy (non-hydrogen) atoms. The zero-order valence-corrected chi connectivity index (χ0v) is 10.5. The minimum absolute atomic E-state index is 0.0586. The summed E-state index contributed by atoms with van der Waals surface area (Å²) in [7, 11) is 1.26. The lowest BCUT2D eigenvalue weighted by molar-refractivity contribution is 0.456. The molecule has 1 aromatic heterocycles. The van der Waals surface area contributed by atoms with Gasteiger partial charge in [0.2, 0.25) is 5.88 Å². The van der Waals surface area contributed by atoms with Crippen molar-refractivity contribution in [1.82, 2.24) is 4.98 Å². The van der Waals surface area contributed by atoms with Crippen molar-refractivity contribution in [2.45, 2.75) is 5.03 Å². The van der Waals surface area contributed by atoms with E-state index in [0.29, 0.717) is 5.75 Å². The quantitative estimate of drug-likeness (QED) is 0.815. The Balaban J connectivity index is 2.27. The summed E-state index contributed by atoms with van der Waals surface area (Å²) in [5.41, 5.74) is 0. The fourth-order valence-electron chi connectivity index (χ4n) is 1.21. The van der Waals surface area contributed by atoms with Crippen molar-refractivity contribution in [2.24, 2.45) is 0 Å². The number of nitrogens with zero attached hydrogens (tertiary/aromatic N) is 1. The van der Waals surface area contributed by atoms with E-state index < -0.39 is 14.9 Å². The Labute approximate surface area is 107 Å². The van der Waals surface area contributed by atoms with Crippen molar-refractivity contribution in [3.05, 3.63) is 48.3 Å². The largest absolute Gasteiger partial charge is 0.439 e. The summed E-state index contributed by atoms with van der Waals surface area (Å²) < 4.78 is 40.1. The Morgan fingerprint density at radius 3 is 2.39 bits per heavy atom. The van der Waals surface area contributed by atoms with E-state index >= 15 is 0 Å². The predicted molar refractivity (Wildman–Crippen MR) is 63.7 cm³/mol. The third-order valence-electron chi connectivity index (χ3n) is 1.98. The van der Waals surface area contributed by atoms with E-state index in [1.165, 1.54) is 42.5 Å². The fourth-order valence-corrected chi connectivity index (χ4v) is 1.91. The molecule has 0 amide bonds. The maximum absolute atomic E-state index is 12.7. The fraction of sp³-hybridized carbons (Fsp3) is 0. The van der Waals surface area contributed by atoms with Crippen LogP contribution in [0.25, 0.3) is 0 Å². The third-order valence-corrected chi connectivity index (χ3v) is 3.19. The second-order valence-electron chi connectivity index (χ2n) is 3.31. The predicted octanol–water partition coefficient (Wildman–Crippen LogP) is 2.94. The number of benzene rings is 1. The third kappa shape index (κ3) is 3.18. The SMILES string of the molecule is O=S(=O)(Cl)c1cccc(Oc2ccc(F)cc2)n1. The molecule has 0 aliphatic heterocycles. The van der Waals surface area contributed by atoms with Crippen molar-refractivity contribution in [1.29, 1.82) is 0 Å². The molecule has 0 bridgehead atoms. The van der Waals surface area contributed by atoms with E-state index in [0.717, 1.165) is 0 Å². The number of rotatable bonds is 3. The topological polar surface area (TPSA) is 56.3 Å². The highest BCUT2D eigenvalue weighted by molar-refractivity contribution is 8.13. The standard InChI is InChI=1S/C11H7ClFNO3S/c12-18(15,16)11-3-1-2-10(14-11)17-9-6-4-8(13)5-7-9/h1-7H. The number of ether oxygens (including phenoxy) is 1. The van der Waals surface area contributed by atoms with Crippen LogP contribution in [0.1, 0.15) is 0 Å². The Morgan fingerprint density at radius 2 is 1.78 bits per heavy atom. The zero-order valence-electron chi connectivity index (χ0n) is 8.88. The average Bonchev–Trinajstić information content (AvgIpc) is 2.31. The van der Waals surface area contributed by atoms with E-state index in [-0.39, 0.29) is 10.9 Å². The summed E-state index contributed by atoms with van der Waals surface area (Å²) in [4.78, 5) is 3.73. The van der Waals surface area contributed by atoms with Gasteiger partial charge in [0.15, 0.2) is 5.03 Å². The molecule has 0 fully saturated rings. The van der Waals surface area contributed by atoms with Crippen LogP contribution in [0.3, 0.4) is 0 Å². The zero-order chi connectivity index (χ0) is 13.2. The Hall–Kier alpha value is -1.66. The molecule has 0 saturated carbocycles. The number of halogens is 2. The highest BCUT2D eigenvalue weighted by Gasteiger charge is 2.12. The lowest BCUT2D eigenvalue weighted by atomic mass is 10.3. The van der Waals surface area contributed by atoms with Crippen molar-refractivity contribution in [2.75, 3.05) is 0 Å². The monoisotopic (exact) mass is 287 g/mol. The molecule has 2 aromatic rings. The molecule has 0 radical (unpaired) electrons. The van der Waals surface area contributed by atoms with Gasteiger partial charge in [-0.05, 0) is 30.3 Å². The normalized spacial score (nSPS) is 11.2. The van der Waals surface area contributed by atoms with Gasteiger partial charge in [0.25, 0.3) is 9.05 Å². The number of hydrogen-bond acceptors (Lipinski definition) is 4. The molecule has 0 saturated heterocycles. The molecular weight excluding hydrogens is 281 g/mol. The van der Waals surface area contributed by atoms with Crippen molar-refractivity contribution < 1.29 is 17.5 Å². The van der Waals surface area contributed by atoms with Crippen LogP contribution >= 0.6 is 10.7 Å². The maximum atomic E-state index is 12.7. The minimum Gasteiger partial charge on any atom is -0.439 e. The van der Waals surface area contributed by atoms with Gasteiger partial charge < -0.3 is 4.74 Å². The van der Waals surface area contributed by atoms with Gasteiger partial charge >= 0.3 is 0 Å². The van der Waals surface area contributed by atoms with Crippen LogP contribution < -0.4 is 4.74 Å². The van der Waals surface area contributed by atoms with E-state index in [2.05, 4.69) is 4.98 Å². The smallest absolute Gasteiger partial charge is 0.278 e. The Kier molecular flexibility index (Phi) is 3.49. The molecule has 2 rings (SSSR count). The van der Waals surface area contributed by atoms with Gasteiger partial charge in [-0.15, -0.1) is 0 Å². The van der Waals surface area contributed by atoms with Crippen molar-refractivity contribution >= 4 is 19.7 Å². The molecule has 0 atom stereocenters. The van der Waals surface area contributed by atoms with Gasteiger partial charge in [0, 0.05) is 16.7 Å². The summed E-state index contributed by atoms with van der Waals surface area (Å²) >= 11 is 0. The Morgan fingerprint density at radius 1 is 1.11 bits per heavy atom. The van der Waals surface area contributed by atoms with Crippen LogP contribution in [-0.4, -0.2) is 13.4 Å². The van der Waals surface area contributed by atoms with E-state index in [1.807, 2.05) is 0 Å². The molecule has 0 N–H and O–H groups in total. The molecule has 4 nitrogen and oxygen atoms in total. The highest BCUT2D eigenvalue weighted by Crippen LogP contribution is 2.21. The Bertz CT molecular complexity index is 658. The van der Waals surface area contributed by atoms with E-state index in [1.54, 1.807) is 0 Å². The van der Waals surface area contributed by atoms with E-state index in [9.17, 15) is 12.8 Å². The summed E-state index contributed by atoms with van der Waals surface area (Å²) in [6, 6.07) is 9.41. The van der Waals surface area contributed by atoms with Gasteiger partial charge in [-0.25, -0.2) is 17.8 Å². The maximum Gasteiger partial charge on any atom is 0.278 e. The van der Waals surface area contributed by atoms with Crippen LogP contribution in [-0.2, 0) is 9.05 Å². The lowest BCUT2D eigenvalue weighted by Gasteiger charge is -2.05. The first-order valence-electron chi connectivity index (χ1n) is 4.80. The van der Waals surface area contributed by atoms with Crippen LogP contribution in [0.15, 0.2) is 47.5 Å². The summed E-state index contributed by atoms with van der Waals surface area (Å²) in [6.07, 6.45) is 0. The van der Waals surface area contributed by atoms with Gasteiger partial charge in [-0.3, -0.25) is 0 Å². The first-order valence-corrected chi connectivity index (χ1v) is 7.11. The molecule has 0 aliphatic carbocycles. The van der Waals surface area contributed by atoms with Gasteiger partial charge in [-0.1, -0.05) is 6.07 Å². The first kappa shape index (κ1) is 12.8. The molecule has 94 valence electrons. The molecule has 0 aliphatic rings. The number of pyridine rings is 1. The summed E-state index contributed by atoms with van der Waals surface area (Å²) in [5, 5.41) is -0.302.